The fourth-order valence-electron chi connectivity index (χ4n) is 2.47. The molecule has 0 aliphatic carbocycles. The minimum absolute atomic E-state index is 0.133. The summed E-state index contributed by atoms with van der Waals surface area (Å²) in [6, 6.07) is 3.41. The molecule has 1 aromatic rings. The Kier molecular flexibility index (Phi) is 7.24. The number of rotatable bonds is 5. The van der Waals surface area contributed by atoms with Gasteiger partial charge in [-0.25, -0.2) is 13.1 Å². The summed E-state index contributed by atoms with van der Waals surface area (Å²) in [6.07, 6.45) is -4.59. The molecule has 0 radical (unpaired) electrons. The summed E-state index contributed by atoms with van der Waals surface area (Å²) < 4.78 is 66.4. The summed E-state index contributed by atoms with van der Waals surface area (Å²) in [5, 5.41) is -0.133. The van der Waals surface area contributed by atoms with E-state index in [4.69, 9.17) is 11.6 Å². The predicted molar refractivity (Wildman–Crippen MR) is 103 cm³/mol. The quantitative estimate of drug-likeness (QED) is 0.731. The van der Waals surface area contributed by atoms with Crippen molar-refractivity contribution in [2.75, 3.05) is 13.1 Å². The number of sulfonamides is 1. The fraction of sp³-hybridized carbons (Fsp3) is 0.611. The monoisotopic (exact) mass is 442 g/mol. The van der Waals surface area contributed by atoms with Crippen LogP contribution in [0.1, 0.15) is 51.9 Å². The van der Waals surface area contributed by atoms with Gasteiger partial charge in [0.15, 0.2) is 0 Å². The SMILES string of the molecule is CC(C)(C)CN(CC(F)(F)F)C(=O)c1ccc(Cl)c(S(=O)(=O)NC(C)(C)C)c1. The summed E-state index contributed by atoms with van der Waals surface area (Å²) in [7, 11) is -4.08. The second kappa shape index (κ2) is 8.20. The van der Waals surface area contributed by atoms with Gasteiger partial charge in [0, 0.05) is 17.6 Å². The summed E-state index contributed by atoms with van der Waals surface area (Å²) in [4.78, 5) is 13.0. The molecule has 0 aromatic heterocycles. The molecule has 1 N–H and O–H groups in total. The Balaban J connectivity index is 3.36. The van der Waals surface area contributed by atoms with E-state index in [9.17, 15) is 26.4 Å². The number of carbonyl (C=O) groups excluding carboxylic acids is 1. The number of hydrogen-bond donors (Lipinski definition) is 1. The van der Waals surface area contributed by atoms with Crippen molar-refractivity contribution < 1.29 is 26.4 Å². The number of carbonyl (C=O) groups is 1. The highest BCUT2D eigenvalue weighted by Crippen LogP contribution is 2.27. The Morgan fingerprint density at radius 1 is 1.07 bits per heavy atom. The van der Waals surface area contributed by atoms with Gasteiger partial charge in [0.05, 0.1) is 5.02 Å². The first-order valence-corrected chi connectivity index (χ1v) is 10.4. The first-order valence-electron chi connectivity index (χ1n) is 8.50. The third-order valence-corrected chi connectivity index (χ3v) is 5.47. The van der Waals surface area contributed by atoms with Gasteiger partial charge in [0.1, 0.15) is 11.4 Å². The molecule has 0 bridgehead atoms. The lowest BCUT2D eigenvalue weighted by Gasteiger charge is -2.31. The Morgan fingerprint density at radius 2 is 1.61 bits per heavy atom. The Labute approximate surface area is 169 Å². The number of hydrogen-bond acceptors (Lipinski definition) is 3. The van der Waals surface area contributed by atoms with Crippen molar-refractivity contribution >= 4 is 27.5 Å². The average molecular weight is 443 g/mol. The van der Waals surface area contributed by atoms with E-state index >= 15 is 0 Å². The van der Waals surface area contributed by atoms with Gasteiger partial charge in [-0.3, -0.25) is 4.79 Å². The zero-order chi connectivity index (χ0) is 22.1. The summed E-state index contributed by atoms with van der Waals surface area (Å²) in [6.45, 7) is 8.40. The maximum atomic E-state index is 13.0. The number of amides is 1. The minimum Gasteiger partial charge on any atom is -0.329 e. The molecule has 0 unspecified atom stereocenters. The van der Waals surface area contributed by atoms with Crippen molar-refractivity contribution in [3.05, 3.63) is 28.8 Å². The molecular weight excluding hydrogens is 417 g/mol. The van der Waals surface area contributed by atoms with Crippen molar-refractivity contribution in [2.45, 2.75) is 58.2 Å². The van der Waals surface area contributed by atoms with Crippen molar-refractivity contribution in [3.8, 4) is 0 Å². The minimum atomic E-state index is -4.59. The Bertz CT molecular complexity index is 810. The van der Waals surface area contributed by atoms with Crippen LogP contribution in [0.5, 0.6) is 0 Å². The van der Waals surface area contributed by atoms with E-state index in [1.54, 1.807) is 41.5 Å². The molecule has 0 heterocycles. The number of halogens is 4. The van der Waals surface area contributed by atoms with Gasteiger partial charge in [0.2, 0.25) is 10.0 Å². The predicted octanol–water partition coefficient (Wildman–Crippen LogP) is 4.47. The Hall–Kier alpha value is -1.32. The lowest BCUT2D eigenvalue weighted by molar-refractivity contribution is -0.142. The molecule has 160 valence electrons. The highest BCUT2D eigenvalue weighted by Gasteiger charge is 2.35. The number of benzene rings is 1. The van der Waals surface area contributed by atoms with Crippen LogP contribution in [0.15, 0.2) is 23.1 Å². The van der Waals surface area contributed by atoms with Crippen LogP contribution in [-0.4, -0.2) is 44.0 Å². The van der Waals surface area contributed by atoms with E-state index in [2.05, 4.69) is 4.72 Å². The fourth-order valence-corrected chi connectivity index (χ4v) is 4.42. The van der Waals surface area contributed by atoms with Crippen molar-refractivity contribution in [3.63, 3.8) is 0 Å². The van der Waals surface area contributed by atoms with Gasteiger partial charge in [-0.2, -0.15) is 13.2 Å². The average Bonchev–Trinajstić information content (AvgIpc) is 2.40. The van der Waals surface area contributed by atoms with Crippen molar-refractivity contribution in [1.29, 1.82) is 0 Å². The smallest absolute Gasteiger partial charge is 0.329 e. The van der Waals surface area contributed by atoms with Crippen molar-refractivity contribution in [2.24, 2.45) is 5.41 Å². The zero-order valence-electron chi connectivity index (χ0n) is 16.7. The standard InChI is InChI=1S/C18H26ClF3N2O3S/c1-16(2,3)10-24(11-18(20,21)22)15(25)12-7-8-13(19)14(9-12)28(26,27)23-17(4,5)6/h7-9,23H,10-11H2,1-6H3. The molecule has 10 heteroatoms. The largest absolute Gasteiger partial charge is 0.406 e. The van der Waals surface area contributed by atoms with Gasteiger partial charge in [-0.05, 0) is 44.4 Å². The first kappa shape index (κ1) is 24.7. The van der Waals surface area contributed by atoms with Crippen LogP contribution in [0.25, 0.3) is 0 Å². The molecule has 0 saturated carbocycles. The first-order chi connectivity index (χ1) is 12.3. The van der Waals surface area contributed by atoms with E-state index < -0.39 is 39.6 Å². The molecule has 0 fully saturated rings. The van der Waals surface area contributed by atoms with E-state index in [1.165, 1.54) is 12.1 Å². The molecule has 5 nitrogen and oxygen atoms in total. The summed E-state index contributed by atoms with van der Waals surface area (Å²) in [5.74, 6) is -0.920. The van der Waals surface area contributed by atoms with Gasteiger partial charge in [-0.15, -0.1) is 0 Å². The van der Waals surface area contributed by atoms with Crippen LogP contribution < -0.4 is 4.72 Å². The topological polar surface area (TPSA) is 66.5 Å². The van der Waals surface area contributed by atoms with Crippen LogP contribution in [0.4, 0.5) is 13.2 Å². The second-order valence-electron chi connectivity index (χ2n) is 8.84. The van der Waals surface area contributed by atoms with Gasteiger partial charge >= 0.3 is 6.18 Å². The van der Waals surface area contributed by atoms with E-state index in [0.717, 1.165) is 6.07 Å². The normalized spacial score (nSPS) is 13.5. The summed E-state index contributed by atoms with van der Waals surface area (Å²) >= 11 is 5.98. The molecule has 0 aliphatic heterocycles. The van der Waals surface area contributed by atoms with Gasteiger partial charge in [-0.1, -0.05) is 32.4 Å². The maximum absolute atomic E-state index is 13.0. The van der Waals surface area contributed by atoms with Crippen LogP contribution in [-0.2, 0) is 10.0 Å². The number of nitrogens with one attached hydrogen (secondary N) is 1. The summed E-state index contributed by atoms with van der Waals surface area (Å²) in [5.41, 5.74) is -1.58. The molecule has 0 saturated heterocycles. The van der Waals surface area contributed by atoms with Crippen LogP contribution in [0.2, 0.25) is 5.02 Å². The highest BCUT2D eigenvalue weighted by atomic mass is 35.5. The number of nitrogens with zero attached hydrogens (tertiary/aromatic N) is 1. The highest BCUT2D eigenvalue weighted by molar-refractivity contribution is 7.89. The van der Waals surface area contributed by atoms with Gasteiger partial charge in [0.25, 0.3) is 5.91 Å². The third kappa shape index (κ3) is 7.97. The van der Waals surface area contributed by atoms with Crippen LogP contribution in [0.3, 0.4) is 0 Å². The molecule has 1 aromatic carbocycles. The molecule has 28 heavy (non-hydrogen) atoms. The molecule has 0 aliphatic rings. The van der Waals surface area contributed by atoms with E-state index in [0.29, 0.717) is 4.90 Å². The van der Waals surface area contributed by atoms with Crippen LogP contribution >= 0.6 is 11.6 Å². The lowest BCUT2D eigenvalue weighted by atomic mass is 9.95. The molecule has 1 rings (SSSR count). The van der Waals surface area contributed by atoms with E-state index in [1.807, 2.05) is 0 Å². The van der Waals surface area contributed by atoms with Crippen LogP contribution in [0, 0.1) is 5.41 Å². The number of alkyl halides is 3. The van der Waals surface area contributed by atoms with E-state index in [-0.39, 0.29) is 22.0 Å². The lowest BCUT2D eigenvalue weighted by Crippen LogP contribution is -2.43. The Morgan fingerprint density at radius 3 is 2.04 bits per heavy atom. The molecule has 1 amide bonds. The van der Waals surface area contributed by atoms with Gasteiger partial charge < -0.3 is 4.90 Å². The zero-order valence-corrected chi connectivity index (χ0v) is 18.3. The van der Waals surface area contributed by atoms with Crippen molar-refractivity contribution in [1.82, 2.24) is 9.62 Å². The third-order valence-electron chi connectivity index (χ3n) is 3.23. The second-order valence-corrected chi connectivity index (χ2v) is 10.9. The molecule has 0 atom stereocenters. The maximum Gasteiger partial charge on any atom is 0.406 e. The molecular formula is C18H26ClF3N2O3S. The molecule has 0 spiro atoms.